The second-order valence-electron chi connectivity index (χ2n) is 14.7. The normalized spacial score (nSPS) is 12.3. The smallest absolute Gasteiger partial charge is 0.338 e. The van der Waals surface area contributed by atoms with Crippen molar-refractivity contribution < 1.29 is 24.5 Å². The standard InChI is InChI=1S/C41H53N3O5.C5H12.C2H6/c1-6-28(3)14-9-8-10-16-30(17-13-15-29(4)7-2)27-49-41(47)32-22-20-31(21-23-32)38-42-39(34-18-11-12-19-36(34)45)44-40(43-38)35-25-24-33(48-5)26-37(35)46;1-3-5-4-2;1-2/h11-12,18-26,28-30,45-46H,6-10,13-17,27H2,1-5H3;3-5H2,1-2H3;1-2H3. The van der Waals surface area contributed by atoms with Crippen LogP contribution in [0.15, 0.2) is 66.7 Å². The number of rotatable bonds is 21. The SMILES string of the molecule is CC.CCC(C)CCCCCC(CCCC(C)CC)COC(=O)c1ccc(-c2nc(-c3ccccc3O)nc(-c3ccc(OC)cc3O)n2)cc1.CCCCC. The molecule has 0 spiro atoms. The topological polar surface area (TPSA) is 115 Å². The number of phenols is 2. The van der Waals surface area contributed by atoms with Gasteiger partial charge in [-0.3, -0.25) is 0 Å². The molecule has 1 heterocycles. The highest BCUT2D eigenvalue weighted by atomic mass is 16.5. The third-order valence-corrected chi connectivity index (χ3v) is 10.3. The van der Waals surface area contributed by atoms with Crippen LogP contribution in [0.4, 0.5) is 0 Å². The van der Waals surface area contributed by atoms with Crippen molar-refractivity contribution in [3.8, 4) is 51.4 Å². The number of aromatic hydroxyl groups is 2. The van der Waals surface area contributed by atoms with Crippen LogP contribution in [0.25, 0.3) is 34.2 Å². The minimum atomic E-state index is -0.343. The Morgan fingerprint density at radius 1 is 0.643 bits per heavy atom. The summed E-state index contributed by atoms with van der Waals surface area (Å²) in [4.78, 5) is 27.1. The van der Waals surface area contributed by atoms with Gasteiger partial charge in [0.1, 0.15) is 17.2 Å². The van der Waals surface area contributed by atoms with Crippen molar-refractivity contribution >= 4 is 5.97 Å². The Morgan fingerprint density at radius 3 is 1.75 bits per heavy atom. The molecule has 0 saturated carbocycles. The van der Waals surface area contributed by atoms with E-state index in [1.54, 1.807) is 60.7 Å². The highest BCUT2D eigenvalue weighted by Crippen LogP contribution is 2.34. The summed E-state index contributed by atoms with van der Waals surface area (Å²) in [6.45, 7) is 18.0. The van der Waals surface area contributed by atoms with Crippen LogP contribution >= 0.6 is 0 Å². The molecule has 3 atom stereocenters. The number of hydrogen-bond acceptors (Lipinski definition) is 8. The number of carbonyl (C=O) groups is 1. The fraction of sp³-hybridized carbons (Fsp3) is 0.542. The molecule has 8 nitrogen and oxygen atoms in total. The molecule has 0 aliphatic heterocycles. The van der Waals surface area contributed by atoms with Crippen LogP contribution in [0, 0.1) is 17.8 Å². The fourth-order valence-corrected chi connectivity index (χ4v) is 6.20. The molecule has 3 aromatic carbocycles. The predicted molar refractivity (Wildman–Crippen MR) is 232 cm³/mol. The van der Waals surface area contributed by atoms with E-state index in [9.17, 15) is 15.0 Å². The lowest BCUT2D eigenvalue weighted by Gasteiger charge is -2.18. The number of nitrogens with zero attached hydrogens (tertiary/aromatic N) is 3. The molecule has 0 saturated heterocycles. The molecule has 0 aliphatic carbocycles. The molecular formula is C48H71N3O5. The van der Waals surface area contributed by atoms with E-state index in [-0.39, 0.29) is 29.1 Å². The van der Waals surface area contributed by atoms with E-state index in [1.807, 2.05) is 13.8 Å². The van der Waals surface area contributed by atoms with Crippen molar-refractivity contribution in [1.29, 1.82) is 0 Å². The Morgan fingerprint density at radius 2 is 1.20 bits per heavy atom. The van der Waals surface area contributed by atoms with E-state index in [2.05, 4.69) is 56.5 Å². The summed E-state index contributed by atoms with van der Waals surface area (Å²) in [7, 11) is 1.52. The van der Waals surface area contributed by atoms with Crippen LogP contribution in [0.3, 0.4) is 0 Å². The Kier molecular flexibility index (Phi) is 23.2. The highest BCUT2D eigenvalue weighted by molar-refractivity contribution is 5.90. The molecule has 2 N–H and O–H groups in total. The van der Waals surface area contributed by atoms with Crippen molar-refractivity contribution in [3.05, 3.63) is 72.3 Å². The van der Waals surface area contributed by atoms with Gasteiger partial charge in [-0.15, -0.1) is 0 Å². The predicted octanol–water partition coefficient (Wildman–Crippen LogP) is 13.5. The molecule has 0 bridgehead atoms. The molecule has 0 amide bonds. The number of aromatic nitrogens is 3. The quantitative estimate of drug-likeness (QED) is 0.0636. The summed E-state index contributed by atoms with van der Waals surface area (Å²) in [5, 5.41) is 21.3. The molecule has 308 valence electrons. The van der Waals surface area contributed by atoms with E-state index in [4.69, 9.17) is 9.47 Å². The van der Waals surface area contributed by atoms with Crippen molar-refractivity contribution in [2.75, 3.05) is 13.7 Å². The average Bonchev–Trinajstić information content (AvgIpc) is 3.23. The zero-order valence-electron chi connectivity index (χ0n) is 35.9. The zero-order chi connectivity index (χ0) is 41.3. The van der Waals surface area contributed by atoms with Crippen LogP contribution in [0.5, 0.6) is 17.2 Å². The molecule has 4 aromatic rings. The van der Waals surface area contributed by atoms with E-state index in [0.717, 1.165) is 25.2 Å². The Bertz CT molecular complexity index is 1670. The maximum absolute atomic E-state index is 13.2. The Labute approximate surface area is 338 Å². The van der Waals surface area contributed by atoms with Crippen LogP contribution < -0.4 is 4.74 Å². The molecule has 1 aromatic heterocycles. The first-order chi connectivity index (χ1) is 27.1. The molecule has 4 rings (SSSR count). The number of esters is 1. The second kappa shape index (κ2) is 27.2. The van der Waals surface area contributed by atoms with Crippen LogP contribution in [0.1, 0.15) is 149 Å². The molecule has 0 aliphatic rings. The van der Waals surface area contributed by atoms with Gasteiger partial charge < -0.3 is 19.7 Å². The van der Waals surface area contributed by atoms with Gasteiger partial charge in [0.15, 0.2) is 17.5 Å². The van der Waals surface area contributed by atoms with Crippen LogP contribution in [-0.2, 0) is 4.74 Å². The van der Waals surface area contributed by atoms with E-state index < -0.39 is 0 Å². The highest BCUT2D eigenvalue weighted by Gasteiger charge is 2.18. The van der Waals surface area contributed by atoms with Crippen molar-refractivity contribution in [2.45, 2.75) is 139 Å². The van der Waals surface area contributed by atoms with E-state index >= 15 is 0 Å². The van der Waals surface area contributed by atoms with Crippen LogP contribution in [-0.4, -0.2) is 44.9 Å². The minimum Gasteiger partial charge on any atom is -0.507 e. The number of phenolic OH excluding ortho intramolecular Hbond substituents is 2. The van der Waals surface area contributed by atoms with Gasteiger partial charge in [0.25, 0.3) is 0 Å². The summed E-state index contributed by atoms with van der Waals surface area (Å²) >= 11 is 0. The number of ether oxygens (including phenoxy) is 2. The van der Waals surface area contributed by atoms with Crippen molar-refractivity contribution in [2.24, 2.45) is 17.8 Å². The third kappa shape index (κ3) is 16.3. The number of para-hydroxylation sites is 1. The van der Waals surface area contributed by atoms with Crippen molar-refractivity contribution in [3.63, 3.8) is 0 Å². The van der Waals surface area contributed by atoms with E-state index in [1.165, 1.54) is 77.4 Å². The first-order valence-corrected chi connectivity index (χ1v) is 21.3. The average molecular weight is 770 g/mol. The van der Waals surface area contributed by atoms with Gasteiger partial charge in [-0.25, -0.2) is 19.7 Å². The fourth-order valence-electron chi connectivity index (χ4n) is 6.20. The lowest BCUT2D eigenvalue weighted by atomic mass is 9.92. The molecule has 0 radical (unpaired) electrons. The van der Waals surface area contributed by atoms with Gasteiger partial charge in [-0.2, -0.15) is 0 Å². The first kappa shape index (κ1) is 47.7. The lowest BCUT2D eigenvalue weighted by Crippen LogP contribution is -2.15. The third-order valence-electron chi connectivity index (χ3n) is 10.3. The summed E-state index contributed by atoms with van der Waals surface area (Å²) in [5.41, 5.74) is 1.91. The number of hydrogen-bond donors (Lipinski definition) is 2. The Hall–Kier alpha value is -4.46. The number of benzene rings is 3. The van der Waals surface area contributed by atoms with Gasteiger partial charge in [0.05, 0.1) is 30.4 Å². The van der Waals surface area contributed by atoms with Gasteiger partial charge in [-0.05, 0) is 67.0 Å². The number of carbonyl (C=O) groups excluding carboxylic acids is 1. The van der Waals surface area contributed by atoms with Crippen LogP contribution in [0.2, 0.25) is 0 Å². The minimum absolute atomic E-state index is 0.0203. The molecule has 56 heavy (non-hydrogen) atoms. The monoisotopic (exact) mass is 770 g/mol. The molecule has 0 fully saturated rings. The van der Waals surface area contributed by atoms with E-state index in [0.29, 0.717) is 52.3 Å². The lowest BCUT2D eigenvalue weighted by molar-refractivity contribution is 0.0421. The summed E-state index contributed by atoms with van der Waals surface area (Å²) < 4.78 is 11.1. The second-order valence-corrected chi connectivity index (χ2v) is 14.7. The largest absolute Gasteiger partial charge is 0.507 e. The van der Waals surface area contributed by atoms with Gasteiger partial charge in [-0.1, -0.05) is 150 Å². The zero-order valence-corrected chi connectivity index (χ0v) is 35.9. The van der Waals surface area contributed by atoms with Gasteiger partial charge >= 0.3 is 5.97 Å². The summed E-state index contributed by atoms with van der Waals surface area (Å²) in [6.07, 6.45) is 16.0. The summed E-state index contributed by atoms with van der Waals surface area (Å²) in [6, 6.07) is 18.7. The number of methoxy groups -OCH3 is 1. The first-order valence-electron chi connectivity index (χ1n) is 21.3. The summed E-state index contributed by atoms with van der Waals surface area (Å²) in [5.74, 6) is 2.78. The van der Waals surface area contributed by atoms with Gasteiger partial charge in [0, 0.05) is 11.6 Å². The molecule has 8 heteroatoms. The van der Waals surface area contributed by atoms with Gasteiger partial charge in [0.2, 0.25) is 0 Å². The van der Waals surface area contributed by atoms with Crippen molar-refractivity contribution in [1.82, 2.24) is 15.0 Å². The molecular weight excluding hydrogens is 699 g/mol. The number of unbranched alkanes of at least 4 members (excludes halogenated alkanes) is 4. The molecule has 3 unspecified atom stereocenters. The Balaban J connectivity index is 0.00000143. The maximum Gasteiger partial charge on any atom is 0.338 e. The maximum atomic E-state index is 13.2.